The number of benzene rings is 1. The van der Waals surface area contributed by atoms with Crippen molar-refractivity contribution in [1.29, 1.82) is 0 Å². The molecule has 18 heavy (non-hydrogen) atoms. The molecule has 0 radical (unpaired) electrons. The van der Waals surface area contributed by atoms with E-state index in [9.17, 15) is 0 Å². The summed E-state index contributed by atoms with van der Waals surface area (Å²) in [6, 6.07) is 10.5. The maximum absolute atomic E-state index is 3.79. The third kappa shape index (κ3) is 2.86. The van der Waals surface area contributed by atoms with Crippen LogP contribution < -0.4 is 10.2 Å². The first-order valence-corrected chi connectivity index (χ1v) is 7.28. The average molecular weight is 244 g/mol. The van der Waals surface area contributed by atoms with Crippen LogP contribution in [0.5, 0.6) is 0 Å². The molecule has 2 nitrogen and oxygen atoms in total. The first-order chi connectivity index (χ1) is 8.70. The molecule has 1 heterocycles. The summed E-state index contributed by atoms with van der Waals surface area (Å²) in [5.74, 6) is 0.788. The Morgan fingerprint density at radius 2 is 1.78 bits per heavy atom. The minimum Gasteiger partial charge on any atom is -0.370 e. The number of hydrogen-bond donors (Lipinski definition) is 1. The van der Waals surface area contributed by atoms with E-state index in [1.165, 1.54) is 43.6 Å². The molecule has 1 saturated heterocycles. The molecule has 0 aromatic heterocycles. The van der Waals surface area contributed by atoms with Gasteiger partial charge in [-0.3, -0.25) is 0 Å². The van der Waals surface area contributed by atoms with Gasteiger partial charge in [0.2, 0.25) is 0 Å². The van der Waals surface area contributed by atoms with Crippen molar-refractivity contribution in [1.82, 2.24) is 5.32 Å². The summed E-state index contributed by atoms with van der Waals surface area (Å²) in [7, 11) is 0. The summed E-state index contributed by atoms with van der Waals surface area (Å²) in [5.41, 5.74) is 2.73. The number of nitrogens with one attached hydrogen (secondary N) is 1. The number of aryl methyl sites for hydroxylation is 1. The first kappa shape index (κ1) is 12.0. The molecule has 1 aromatic rings. The fraction of sp³-hybridized carbons (Fsp3) is 0.625. The van der Waals surface area contributed by atoms with Crippen LogP contribution >= 0.6 is 0 Å². The molecule has 0 spiro atoms. The predicted octanol–water partition coefficient (Wildman–Crippen LogP) is 2.96. The van der Waals surface area contributed by atoms with Crippen molar-refractivity contribution in [2.24, 2.45) is 5.92 Å². The molecule has 3 rings (SSSR count). The van der Waals surface area contributed by atoms with Crippen molar-refractivity contribution >= 4 is 5.69 Å². The van der Waals surface area contributed by atoms with Gasteiger partial charge in [0.25, 0.3) is 0 Å². The number of hydrogen-bond acceptors (Lipinski definition) is 2. The molecule has 0 bridgehead atoms. The van der Waals surface area contributed by atoms with Gasteiger partial charge in [-0.05, 0) is 44.2 Å². The Morgan fingerprint density at radius 3 is 2.44 bits per heavy atom. The smallest absolute Gasteiger partial charge is 0.0367 e. The van der Waals surface area contributed by atoms with Gasteiger partial charge >= 0.3 is 0 Å². The van der Waals surface area contributed by atoms with Gasteiger partial charge in [-0.1, -0.05) is 24.6 Å². The van der Waals surface area contributed by atoms with E-state index < -0.39 is 0 Å². The third-order valence-corrected chi connectivity index (χ3v) is 4.11. The maximum atomic E-state index is 3.79. The Kier molecular flexibility index (Phi) is 3.29. The van der Waals surface area contributed by atoms with Gasteiger partial charge in [0, 0.05) is 30.9 Å². The zero-order chi connectivity index (χ0) is 12.5. The van der Waals surface area contributed by atoms with Crippen LogP contribution in [0.2, 0.25) is 0 Å². The van der Waals surface area contributed by atoms with Crippen molar-refractivity contribution in [3.63, 3.8) is 0 Å². The monoisotopic (exact) mass is 244 g/mol. The zero-order valence-electron chi connectivity index (χ0n) is 11.5. The maximum Gasteiger partial charge on any atom is 0.0367 e. The van der Waals surface area contributed by atoms with Crippen LogP contribution in [0.1, 0.15) is 31.7 Å². The standard InChI is InChI=1S/C16H24N2/c1-12-3-7-16(8-4-12)18-10-13(2)9-15(11-18)17-14-5-6-14/h3-4,7-8,13-15,17H,5-6,9-11H2,1-2H3. The minimum atomic E-state index is 0.683. The Balaban J connectivity index is 1.68. The Bertz CT molecular complexity index is 392. The SMILES string of the molecule is Cc1ccc(N2CC(C)CC(NC3CC3)C2)cc1. The van der Waals surface area contributed by atoms with Crippen LogP contribution in [0, 0.1) is 12.8 Å². The molecule has 2 atom stereocenters. The summed E-state index contributed by atoms with van der Waals surface area (Å²) < 4.78 is 0. The molecular formula is C16H24N2. The number of nitrogens with zero attached hydrogens (tertiary/aromatic N) is 1. The van der Waals surface area contributed by atoms with Crippen LogP contribution in [0.3, 0.4) is 0 Å². The summed E-state index contributed by atoms with van der Waals surface area (Å²) in [6.45, 7) is 6.90. The summed E-state index contributed by atoms with van der Waals surface area (Å²) >= 11 is 0. The molecule has 1 aromatic carbocycles. The first-order valence-electron chi connectivity index (χ1n) is 7.28. The number of piperidine rings is 1. The van der Waals surface area contributed by atoms with Crippen LogP contribution in [0.15, 0.2) is 24.3 Å². The van der Waals surface area contributed by atoms with Gasteiger partial charge in [0.1, 0.15) is 0 Å². The number of anilines is 1. The minimum absolute atomic E-state index is 0.683. The molecule has 1 aliphatic carbocycles. The van der Waals surface area contributed by atoms with E-state index in [0.717, 1.165) is 12.0 Å². The molecule has 1 saturated carbocycles. The Labute approximate surface area is 110 Å². The van der Waals surface area contributed by atoms with Gasteiger partial charge in [0.15, 0.2) is 0 Å². The normalized spacial score (nSPS) is 28.4. The second-order valence-corrected chi connectivity index (χ2v) is 6.22. The number of rotatable bonds is 3. The van der Waals surface area contributed by atoms with Crippen LogP contribution in [0.4, 0.5) is 5.69 Å². The lowest BCUT2D eigenvalue weighted by molar-refractivity contribution is 0.349. The summed E-state index contributed by atoms with van der Waals surface area (Å²) in [6.07, 6.45) is 4.10. The molecule has 2 aliphatic rings. The topological polar surface area (TPSA) is 15.3 Å². The van der Waals surface area contributed by atoms with Crippen LogP contribution in [-0.4, -0.2) is 25.2 Å². The second kappa shape index (κ2) is 4.93. The molecule has 1 N–H and O–H groups in total. The van der Waals surface area contributed by atoms with E-state index in [0.29, 0.717) is 6.04 Å². The molecular weight excluding hydrogens is 220 g/mol. The summed E-state index contributed by atoms with van der Waals surface area (Å²) in [4.78, 5) is 2.55. The molecule has 2 unspecified atom stereocenters. The summed E-state index contributed by atoms with van der Waals surface area (Å²) in [5, 5.41) is 3.79. The lowest BCUT2D eigenvalue weighted by Crippen LogP contribution is -2.49. The highest BCUT2D eigenvalue weighted by atomic mass is 15.2. The molecule has 2 heteroatoms. The van der Waals surface area contributed by atoms with Crippen molar-refractivity contribution in [3.8, 4) is 0 Å². The van der Waals surface area contributed by atoms with E-state index in [4.69, 9.17) is 0 Å². The largest absolute Gasteiger partial charge is 0.370 e. The van der Waals surface area contributed by atoms with E-state index >= 15 is 0 Å². The van der Waals surface area contributed by atoms with Gasteiger partial charge in [-0.2, -0.15) is 0 Å². The van der Waals surface area contributed by atoms with E-state index in [1.807, 2.05) is 0 Å². The lowest BCUT2D eigenvalue weighted by Gasteiger charge is -2.38. The van der Waals surface area contributed by atoms with Gasteiger partial charge in [0.05, 0.1) is 0 Å². The average Bonchev–Trinajstić information content (AvgIpc) is 3.13. The zero-order valence-corrected chi connectivity index (χ0v) is 11.5. The van der Waals surface area contributed by atoms with Gasteiger partial charge in [-0.25, -0.2) is 0 Å². The quantitative estimate of drug-likeness (QED) is 0.879. The van der Waals surface area contributed by atoms with Crippen LogP contribution in [0.25, 0.3) is 0 Å². The van der Waals surface area contributed by atoms with E-state index in [2.05, 4.69) is 48.3 Å². The fourth-order valence-electron chi connectivity index (χ4n) is 3.02. The highest BCUT2D eigenvalue weighted by Crippen LogP contribution is 2.26. The van der Waals surface area contributed by atoms with Crippen LogP contribution in [-0.2, 0) is 0 Å². The van der Waals surface area contributed by atoms with Crippen molar-refractivity contribution in [3.05, 3.63) is 29.8 Å². The Hall–Kier alpha value is -1.02. The Morgan fingerprint density at radius 1 is 1.06 bits per heavy atom. The van der Waals surface area contributed by atoms with Crippen molar-refractivity contribution in [2.75, 3.05) is 18.0 Å². The van der Waals surface area contributed by atoms with Gasteiger partial charge < -0.3 is 10.2 Å². The second-order valence-electron chi connectivity index (χ2n) is 6.22. The highest BCUT2D eigenvalue weighted by molar-refractivity contribution is 5.48. The van der Waals surface area contributed by atoms with Crippen molar-refractivity contribution in [2.45, 2.75) is 45.2 Å². The van der Waals surface area contributed by atoms with E-state index in [1.54, 1.807) is 0 Å². The van der Waals surface area contributed by atoms with Gasteiger partial charge in [-0.15, -0.1) is 0 Å². The highest BCUT2D eigenvalue weighted by Gasteiger charge is 2.30. The third-order valence-electron chi connectivity index (χ3n) is 4.11. The van der Waals surface area contributed by atoms with Crippen molar-refractivity contribution < 1.29 is 0 Å². The van der Waals surface area contributed by atoms with E-state index in [-0.39, 0.29) is 0 Å². The lowest BCUT2D eigenvalue weighted by atomic mass is 9.95. The molecule has 1 aliphatic heterocycles. The predicted molar refractivity (Wildman–Crippen MR) is 77.1 cm³/mol. The molecule has 0 amide bonds. The molecule has 98 valence electrons. The fourth-order valence-corrected chi connectivity index (χ4v) is 3.02. The molecule has 2 fully saturated rings.